The average Bonchev–Trinajstić information content (AvgIpc) is 3.39. The fourth-order valence-corrected chi connectivity index (χ4v) is 4.91. The van der Waals surface area contributed by atoms with Gasteiger partial charge in [0, 0.05) is 25.5 Å². The number of hydrogen-bond acceptors (Lipinski definition) is 7. The van der Waals surface area contributed by atoms with E-state index >= 15 is 0 Å². The third-order valence-corrected chi connectivity index (χ3v) is 6.56. The number of methoxy groups -OCH3 is 1. The summed E-state index contributed by atoms with van der Waals surface area (Å²) in [4.78, 5) is 25.8. The molecule has 0 saturated carbocycles. The lowest BCUT2D eigenvalue weighted by Gasteiger charge is -2.35. The monoisotopic (exact) mass is 455 g/mol. The van der Waals surface area contributed by atoms with Gasteiger partial charge in [-0.1, -0.05) is 11.3 Å². The number of aromatic nitrogens is 4. The molecule has 0 radical (unpaired) electrons. The molecular weight excluding hydrogens is 435 g/mol. The number of halogens is 3. The summed E-state index contributed by atoms with van der Waals surface area (Å²) in [5, 5.41) is 0.258. The van der Waals surface area contributed by atoms with E-state index in [9.17, 15) is 18.0 Å². The molecule has 0 aliphatic carbocycles. The largest absolute Gasteiger partial charge is 0.481 e. The first-order chi connectivity index (χ1) is 14.7. The third-order valence-electron chi connectivity index (χ3n) is 5.44. The molecule has 0 aromatic carbocycles. The van der Waals surface area contributed by atoms with Crippen molar-refractivity contribution >= 4 is 27.6 Å². The first-order valence-corrected chi connectivity index (χ1v) is 10.4. The van der Waals surface area contributed by atoms with Crippen molar-refractivity contribution < 1.29 is 27.4 Å². The van der Waals surface area contributed by atoms with Crippen LogP contribution in [0.1, 0.15) is 30.0 Å². The van der Waals surface area contributed by atoms with Gasteiger partial charge in [0.2, 0.25) is 5.88 Å². The molecular formula is C19H20F3N5O3S. The summed E-state index contributed by atoms with van der Waals surface area (Å²) < 4.78 is 51.4. The molecule has 1 unspecified atom stereocenters. The summed E-state index contributed by atoms with van der Waals surface area (Å²) in [7, 11) is 1.47. The van der Waals surface area contributed by atoms with Gasteiger partial charge in [-0.15, -0.1) is 0 Å². The third kappa shape index (κ3) is 3.97. The van der Waals surface area contributed by atoms with Crippen molar-refractivity contribution in [1.29, 1.82) is 0 Å². The molecule has 1 aliphatic heterocycles. The molecule has 2 N–H and O–H groups in total. The second kappa shape index (κ2) is 8.08. The van der Waals surface area contributed by atoms with Gasteiger partial charge in [-0.2, -0.15) is 13.2 Å². The molecule has 12 heteroatoms. The highest BCUT2D eigenvalue weighted by Crippen LogP contribution is 2.41. The number of nitrogens with two attached hydrogens (primary N) is 1. The van der Waals surface area contributed by atoms with Crippen LogP contribution in [-0.4, -0.2) is 45.7 Å². The molecule has 1 aliphatic rings. The number of rotatable bonds is 6. The lowest BCUT2D eigenvalue weighted by atomic mass is 9.83. The minimum Gasteiger partial charge on any atom is -0.481 e. The summed E-state index contributed by atoms with van der Waals surface area (Å²) in [6.45, 7) is 1.02. The zero-order chi connectivity index (χ0) is 22.2. The van der Waals surface area contributed by atoms with E-state index < -0.39 is 23.3 Å². The maximum atomic E-state index is 13.3. The molecule has 166 valence electrons. The lowest BCUT2D eigenvalue weighted by Crippen LogP contribution is -2.48. The van der Waals surface area contributed by atoms with E-state index in [4.69, 9.17) is 15.2 Å². The highest BCUT2D eigenvalue weighted by atomic mass is 32.1. The quantitative estimate of drug-likeness (QED) is 0.613. The number of amides is 1. The number of ether oxygens (including phenoxy) is 2. The number of nitrogens with zero attached hydrogens (tertiary/aromatic N) is 4. The highest BCUT2D eigenvalue weighted by molar-refractivity contribution is 7.18. The van der Waals surface area contributed by atoms with Crippen LogP contribution in [0, 0.1) is 5.92 Å². The molecule has 8 nitrogen and oxygen atoms in total. The molecule has 3 aromatic rings. The Bertz CT molecular complexity index is 1090. The average molecular weight is 455 g/mol. The first-order valence-electron chi connectivity index (χ1n) is 9.55. The number of hydrogen-bond donors (Lipinski definition) is 1. The Morgan fingerprint density at radius 2 is 2.06 bits per heavy atom. The number of thiazole rings is 1. The van der Waals surface area contributed by atoms with Gasteiger partial charge in [-0.05, 0) is 31.2 Å². The van der Waals surface area contributed by atoms with E-state index in [2.05, 4.69) is 15.0 Å². The Morgan fingerprint density at radius 1 is 1.32 bits per heavy atom. The fourth-order valence-electron chi connectivity index (χ4n) is 3.77. The molecule has 4 rings (SSSR count). The van der Waals surface area contributed by atoms with Crippen LogP contribution < -0.4 is 10.5 Å². The van der Waals surface area contributed by atoms with Crippen molar-refractivity contribution in [1.82, 2.24) is 19.5 Å². The van der Waals surface area contributed by atoms with Gasteiger partial charge in [0.1, 0.15) is 15.4 Å². The number of pyridine rings is 1. The number of primary amides is 1. The maximum Gasteiger partial charge on any atom is 0.434 e. The summed E-state index contributed by atoms with van der Waals surface area (Å²) in [6.07, 6.45) is -1.36. The van der Waals surface area contributed by atoms with Gasteiger partial charge in [0.15, 0.2) is 11.2 Å². The molecule has 0 spiro atoms. The minimum atomic E-state index is -4.66. The van der Waals surface area contributed by atoms with Gasteiger partial charge in [-0.25, -0.2) is 15.0 Å². The van der Waals surface area contributed by atoms with E-state index in [0.29, 0.717) is 42.3 Å². The zero-order valence-corrected chi connectivity index (χ0v) is 17.4. The van der Waals surface area contributed by atoms with E-state index in [0.717, 1.165) is 28.4 Å². The Hall–Kier alpha value is -2.73. The number of carbonyl (C=O) groups excluding carboxylic acids is 1. The van der Waals surface area contributed by atoms with Gasteiger partial charge < -0.3 is 19.8 Å². The topological polar surface area (TPSA) is 105 Å². The molecule has 1 saturated heterocycles. The van der Waals surface area contributed by atoms with E-state index in [1.165, 1.54) is 7.11 Å². The zero-order valence-electron chi connectivity index (χ0n) is 16.6. The number of imidazole rings is 1. The molecule has 1 atom stereocenters. The summed E-state index contributed by atoms with van der Waals surface area (Å²) in [6, 6.07) is 3.30. The van der Waals surface area contributed by atoms with E-state index in [1.807, 2.05) is 0 Å². The number of fused-ring (bicyclic) bond motifs is 1. The summed E-state index contributed by atoms with van der Waals surface area (Å²) in [5.41, 5.74) is 3.62. The number of carbonyl (C=O) groups is 1. The lowest BCUT2D eigenvalue weighted by molar-refractivity contribution is -0.141. The highest BCUT2D eigenvalue weighted by Gasteiger charge is 2.47. The Balaban J connectivity index is 1.88. The van der Waals surface area contributed by atoms with Crippen molar-refractivity contribution in [2.45, 2.75) is 31.0 Å². The molecule has 0 bridgehead atoms. The minimum absolute atomic E-state index is 0.00694. The van der Waals surface area contributed by atoms with Crippen LogP contribution in [0.2, 0.25) is 0 Å². The standard InChI is InChI=1S/C19H20F3N5O3S/c1-29-14-3-2-12-15(26-14)31-17(25-12)18(16(23)28,8-11-4-6-30-7-5-11)27-9-13(24-10-27)19(20,21)22/h2-3,9-11H,4-8H2,1H3,(H2,23,28). The van der Waals surface area contributed by atoms with Crippen LogP contribution in [-0.2, 0) is 21.2 Å². The summed E-state index contributed by atoms with van der Waals surface area (Å²) >= 11 is 1.10. The van der Waals surface area contributed by atoms with Crippen LogP contribution >= 0.6 is 11.3 Å². The molecule has 1 amide bonds. The van der Waals surface area contributed by atoms with Crippen LogP contribution in [0.15, 0.2) is 24.7 Å². The van der Waals surface area contributed by atoms with Gasteiger partial charge >= 0.3 is 6.18 Å². The maximum absolute atomic E-state index is 13.3. The second-order valence-corrected chi connectivity index (χ2v) is 8.32. The van der Waals surface area contributed by atoms with Gasteiger partial charge in [0.25, 0.3) is 5.91 Å². The number of alkyl halides is 3. The van der Waals surface area contributed by atoms with Crippen LogP contribution in [0.5, 0.6) is 5.88 Å². The van der Waals surface area contributed by atoms with Crippen molar-refractivity contribution in [2.75, 3.05) is 20.3 Å². The summed E-state index contributed by atoms with van der Waals surface area (Å²) in [5.74, 6) is -0.442. The van der Waals surface area contributed by atoms with Crippen LogP contribution in [0.25, 0.3) is 10.3 Å². The van der Waals surface area contributed by atoms with Crippen molar-refractivity contribution in [2.24, 2.45) is 11.7 Å². The Labute approximate surface area is 179 Å². The predicted molar refractivity (Wildman–Crippen MR) is 106 cm³/mol. The fraction of sp³-hybridized carbons (Fsp3) is 0.474. The van der Waals surface area contributed by atoms with E-state index in [-0.39, 0.29) is 17.3 Å². The van der Waals surface area contributed by atoms with Crippen molar-refractivity contribution in [3.8, 4) is 5.88 Å². The SMILES string of the molecule is COc1ccc2nc(C(CC3CCOCC3)(C(N)=O)n3cnc(C(F)(F)F)c3)sc2n1. The van der Waals surface area contributed by atoms with E-state index in [1.54, 1.807) is 12.1 Å². The Kier molecular flexibility index (Phi) is 5.60. The second-order valence-electron chi connectivity index (χ2n) is 7.35. The van der Waals surface area contributed by atoms with Crippen molar-refractivity contribution in [3.05, 3.63) is 35.4 Å². The van der Waals surface area contributed by atoms with Crippen molar-refractivity contribution in [3.63, 3.8) is 0 Å². The van der Waals surface area contributed by atoms with Gasteiger partial charge in [-0.3, -0.25) is 4.79 Å². The van der Waals surface area contributed by atoms with Crippen LogP contribution in [0.3, 0.4) is 0 Å². The molecule has 31 heavy (non-hydrogen) atoms. The molecule has 1 fully saturated rings. The Morgan fingerprint density at radius 3 is 2.68 bits per heavy atom. The smallest absolute Gasteiger partial charge is 0.434 e. The molecule has 4 heterocycles. The predicted octanol–water partition coefficient (Wildman–Crippen LogP) is 2.96. The van der Waals surface area contributed by atoms with Gasteiger partial charge in [0.05, 0.1) is 13.4 Å². The normalized spacial score (nSPS) is 17.5. The first kappa shape index (κ1) is 21.5. The molecule has 3 aromatic heterocycles. The van der Waals surface area contributed by atoms with Crippen LogP contribution in [0.4, 0.5) is 13.2 Å².